The van der Waals surface area contributed by atoms with E-state index in [-0.39, 0.29) is 11.6 Å². The van der Waals surface area contributed by atoms with Crippen LogP contribution in [0, 0.1) is 10.1 Å². The quantitative estimate of drug-likeness (QED) is 0.467. The molecular formula is C11H15N3O3. The van der Waals surface area contributed by atoms with Crippen LogP contribution >= 0.6 is 0 Å². The Kier molecular flexibility index (Phi) is 4.93. The number of pyridine rings is 1. The minimum Gasteiger partial charge on any atom is -0.473 e. The van der Waals surface area contributed by atoms with E-state index >= 15 is 0 Å². The molecule has 1 rings (SSSR count). The molecule has 0 aliphatic heterocycles. The molecule has 92 valence electrons. The molecule has 17 heavy (non-hydrogen) atoms. The van der Waals surface area contributed by atoms with E-state index in [4.69, 9.17) is 4.74 Å². The first-order valence-corrected chi connectivity index (χ1v) is 5.31. The van der Waals surface area contributed by atoms with Gasteiger partial charge in [-0.05, 0) is 13.8 Å². The smallest absolute Gasteiger partial charge is 0.278 e. The van der Waals surface area contributed by atoms with E-state index in [1.165, 1.54) is 12.1 Å². The Balaban J connectivity index is 2.90. The number of ether oxygens (including phenoxy) is 1. The average Bonchev–Trinajstić information content (AvgIpc) is 2.29. The van der Waals surface area contributed by atoms with Gasteiger partial charge < -0.3 is 10.1 Å². The minimum atomic E-state index is -0.467. The van der Waals surface area contributed by atoms with E-state index in [0.717, 1.165) is 0 Å². The maximum Gasteiger partial charge on any atom is 0.278 e. The zero-order valence-corrected chi connectivity index (χ0v) is 9.84. The van der Waals surface area contributed by atoms with Crippen LogP contribution in [0.25, 0.3) is 0 Å². The molecule has 0 fully saturated rings. The highest BCUT2D eigenvalue weighted by Gasteiger charge is 2.11. The van der Waals surface area contributed by atoms with Gasteiger partial charge in [0.05, 0.1) is 17.1 Å². The Morgan fingerprint density at radius 2 is 2.35 bits per heavy atom. The van der Waals surface area contributed by atoms with Crippen molar-refractivity contribution < 1.29 is 9.66 Å². The molecule has 0 bridgehead atoms. The van der Waals surface area contributed by atoms with Crippen LogP contribution in [0.4, 0.5) is 11.5 Å². The molecule has 0 unspecified atom stereocenters. The molecule has 0 radical (unpaired) electrons. The number of nitrogens with zero attached hydrogens (tertiary/aromatic N) is 2. The predicted molar refractivity (Wildman–Crippen MR) is 65.4 cm³/mol. The van der Waals surface area contributed by atoms with Gasteiger partial charge in [0.2, 0.25) is 5.88 Å². The lowest BCUT2D eigenvalue weighted by molar-refractivity contribution is -0.384. The third kappa shape index (κ3) is 4.10. The van der Waals surface area contributed by atoms with Gasteiger partial charge >= 0.3 is 0 Å². The van der Waals surface area contributed by atoms with Crippen molar-refractivity contribution in [2.75, 3.05) is 18.5 Å². The summed E-state index contributed by atoms with van der Waals surface area (Å²) < 4.78 is 5.28. The van der Waals surface area contributed by atoms with E-state index in [9.17, 15) is 10.1 Å². The standard InChI is InChI=1S/C11H15N3O3/c1-3-5-6-17-11-8-9(14(15)16)7-10(13-11)12-4-2/h3,5,7-8H,4,6H2,1-2H3,(H,12,13)/b5-3+. The van der Waals surface area contributed by atoms with Crippen molar-refractivity contribution in [3.05, 3.63) is 34.4 Å². The number of nitro groups is 1. The molecule has 1 aromatic rings. The van der Waals surface area contributed by atoms with Crippen molar-refractivity contribution in [2.45, 2.75) is 13.8 Å². The summed E-state index contributed by atoms with van der Waals surface area (Å²) in [6.45, 7) is 4.74. The van der Waals surface area contributed by atoms with Gasteiger partial charge in [-0.15, -0.1) is 0 Å². The number of rotatable bonds is 6. The van der Waals surface area contributed by atoms with Crippen molar-refractivity contribution in [3.8, 4) is 5.88 Å². The summed E-state index contributed by atoms with van der Waals surface area (Å²) in [5.74, 6) is 0.686. The van der Waals surface area contributed by atoms with Crippen molar-refractivity contribution in [1.82, 2.24) is 4.98 Å². The van der Waals surface area contributed by atoms with Gasteiger partial charge in [0.25, 0.3) is 5.69 Å². The maximum atomic E-state index is 10.7. The first kappa shape index (κ1) is 13.0. The van der Waals surface area contributed by atoms with Gasteiger partial charge in [0.1, 0.15) is 12.4 Å². The van der Waals surface area contributed by atoms with Crippen molar-refractivity contribution >= 4 is 11.5 Å². The molecule has 1 heterocycles. The Hall–Kier alpha value is -2.11. The molecule has 6 nitrogen and oxygen atoms in total. The summed E-state index contributed by atoms with van der Waals surface area (Å²) in [7, 11) is 0. The summed E-state index contributed by atoms with van der Waals surface area (Å²) in [6, 6.07) is 2.69. The van der Waals surface area contributed by atoms with Gasteiger partial charge in [-0.25, -0.2) is 0 Å². The largest absolute Gasteiger partial charge is 0.473 e. The van der Waals surface area contributed by atoms with Crippen LogP contribution in [0.1, 0.15) is 13.8 Å². The zero-order chi connectivity index (χ0) is 12.7. The highest BCUT2D eigenvalue weighted by atomic mass is 16.6. The van der Waals surface area contributed by atoms with Crippen molar-refractivity contribution in [3.63, 3.8) is 0 Å². The molecular weight excluding hydrogens is 222 g/mol. The lowest BCUT2D eigenvalue weighted by Crippen LogP contribution is -2.03. The van der Waals surface area contributed by atoms with Crippen LogP contribution in [0.2, 0.25) is 0 Å². The van der Waals surface area contributed by atoms with Gasteiger partial charge in [-0.3, -0.25) is 10.1 Å². The molecule has 1 aromatic heterocycles. The summed E-state index contributed by atoms with van der Waals surface area (Å²) in [4.78, 5) is 14.4. The van der Waals surface area contributed by atoms with Crippen LogP contribution in [0.5, 0.6) is 5.88 Å². The normalized spacial score (nSPS) is 10.5. The third-order valence-electron chi connectivity index (χ3n) is 1.92. The molecule has 0 spiro atoms. The summed E-state index contributed by atoms with van der Waals surface area (Å²) in [6.07, 6.45) is 3.63. The van der Waals surface area contributed by atoms with Crippen LogP contribution < -0.4 is 10.1 Å². The molecule has 0 aliphatic carbocycles. The first-order chi connectivity index (χ1) is 8.17. The van der Waals surface area contributed by atoms with Crippen molar-refractivity contribution in [2.24, 2.45) is 0 Å². The van der Waals surface area contributed by atoms with E-state index in [2.05, 4.69) is 10.3 Å². The molecule has 6 heteroatoms. The minimum absolute atomic E-state index is 0.0357. The van der Waals surface area contributed by atoms with Crippen molar-refractivity contribution in [1.29, 1.82) is 0 Å². The lowest BCUT2D eigenvalue weighted by Gasteiger charge is -2.06. The lowest BCUT2D eigenvalue weighted by atomic mass is 10.4. The fourth-order valence-corrected chi connectivity index (χ4v) is 1.17. The summed E-state index contributed by atoms with van der Waals surface area (Å²) in [5, 5.41) is 13.6. The second-order valence-corrected chi connectivity index (χ2v) is 3.22. The van der Waals surface area contributed by atoms with Crippen LogP contribution in [-0.2, 0) is 0 Å². The van der Waals surface area contributed by atoms with E-state index in [1.807, 2.05) is 19.9 Å². The Morgan fingerprint density at radius 3 is 2.94 bits per heavy atom. The molecule has 0 aromatic carbocycles. The molecule has 0 aliphatic rings. The highest BCUT2D eigenvalue weighted by Crippen LogP contribution is 2.21. The van der Waals surface area contributed by atoms with Crippen LogP contribution in [0.3, 0.4) is 0 Å². The molecule has 0 saturated carbocycles. The van der Waals surface area contributed by atoms with E-state index < -0.39 is 4.92 Å². The van der Waals surface area contributed by atoms with Gasteiger partial charge in [-0.2, -0.15) is 4.98 Å². The average molecular weight is 237 g/mol. The SMILES string of the molecule is C/C=C/COc1cc([N+](=O)[O-])cc(NCC)n1. The molecule has 0 saturated heterocycles. The number of aromatic nitrogens is 1. The fraction of sp³-hybridized carbons (Fsp3) is 0.364. The number of allylic oxidation sites excluding steroid dienone is 1. The number of anilines is 1. The molecule has 0 atom stereocenters. The molecule has 0 amide bonds. The predicted octanol–water partition coefficient (Wildman–Crippen LogP) is 2.38. The second-order valence-electron chi connectivity index (χ2n) is 3.22. The topological polar surface area (TPSA) is 77.3 Å². The zero-order valence-electron chi connectivity index (χ0n) is 9.84. The number of hydrogen-bond donors (Lipinski definition) is 1. The van der Waals surface area contributed by atoms with Gasteiger partial charge in [-0.1, -0.05) is 12.2 Å². The maximum absolute atomic E-state index is 10.7. The first-order valence-electron chi connectivity index (χ1n) is 5.31. The second kappa shape index (κ2) is 6.47. The highest BCUT2D eigenvalue weighted by molar-refractivity contribution is 5.48. The Bertz CT molecular complexity index is 418. The van der Waals surface area contributed by atoms with E-state index in [0.29, 0.717) is 19.0 Å². The van der Waals surface area contributed by atoms with Crippen LogP contribution in [-0.4, -0.2) is 23.1 Å². The monoisotopic (exact) mass is 237 g/mol. The summed E-state index contributed by atoms with van der Waals surface area (Å²) >= 11 is 0. The fourth-order valence-electron chi connectivity index (χ4n) is 1.17. The Labute approximate surface area is 99.5 Å². The summed E-state index contributed by atoms with van der Waals surface area (Å²) in [5.41, 5.74) is -0.0357. The third-order valence-corrected chi connectivity index (χ3v) is 1.92. The number of hydrogen-bond acceptors (Lipinski definition) is 5. The van der Waals surface area contributed by atoms with E-state index in [1.54, 1.807) is 6.08 Å². The van der Waals surface area contributed by atoms with Gasteiger partial charge in [0.15, 0.2) is 0 Å². The Morgan fingerprint density at radius 1 is 1.59 bits per heavy atom. The van der Waals surface area contributed by atoms with Gasteiger partial charge in [0, 0.05) is 6.54 Å². The number of nitrogens with one attached hydrogen (secondary N) is 1. The molecule has 1 N–H and O–H groups in total. The van der Waals surface area contributed by atoms with Crippen LogP contribution in [0.15, 0.2) is 24.3 Å².